The first-order valence-electron chi connectivity index (χ1n) is 20.2. The molecule has 0 unspecified atom stereocenters. The molecule has 15 heteroatoms. The van der Waals surface area contributed by atoms with Gasteiger partial charge in [0, 0.05) is 0 Å². The zero-order valence-corrected chi connectivity index (χ0v) is 44.2. The minimum Gasteiger partial charge on any atom is -0.412 e. The van der Waals surface area contributed by atoms with Crippen molar-refractivity contribution >= 4 is 74.1 Å². The molecule has 0 spiro atoms. The van der Waals surface area contributed by atoms with Crippen molar-refractivity contribution in [3.63, 3.8) is 0 Å². The van der Waals surface area contributed by atoms with Crippen LogP contribution in [0.3, 0.4) is 0 Å². The third kappa shape index (κ3) is 20.7. The molecule has 0 aliphatic rings. The molecule has 0 heterocycles. The fourth-order valence-corrected chi connectivity index (χ4v) is 16.7. The fraction of sp³-hybridized carbons (Fsp3) is 0. The zero-order chi connectivity index (χ0) is 45.2. The van der Waals surface area contributed by atoms with E-state index in [0.29, 0.717) is 0 Å². The van der Waals surface area contributed by atoms with Crippen molar-refractivity contribution in [3.8, 4) is 0 Å². The molecule has 8 aromatic carbocycles. The molecule has 9 nitrogen and oxygen atoms in total. The van der Waals surface area contributed by atoms with Crippen LogP contribution in [0.25, 0.3) is 0 Å². The molecule has 0 atom stereocenters. The van der Waals surface area contributed by atoms with Crippen LogP contribution in [-0.4, -0.2) is 15.6 Å². The van der Waals surface area contributed by atoms with Crippen LogP contribution in [-0.2, 0) is 44.8 Å². The summed E-state index contributed by atoms with van der Waals surface area (Å²) in [6.45, 7) is 0. The summed E-state index contributed by atoms with van der Waals surface area (Å²) in [5.74, 6) is 10.0. The van der Waals surface area contributed by atoms with E-state index in [4.69, 9.17) is 30.6 Å². The molecular formula is C52H50Au2N2O7P4+4. The van der Waals surface area contributed by atoms with Gasteiger partial charge in [-0.2, -0.15) is 0 Å². The van der Waals surface area contributed by atoms with Crippen LogP contribution >= 0.6 is 31.7 Å². The smallest absolute Gasteiger partial charge is 0.412 e. The Morgan fingerprint density at radius 3 is 0.433 bits per heavy atom. The average molecular weight is 1330 g/mol. The monoisotopic (exact) mass is 1330 g/mol. The SMILES string of the molecule is C(=C/[PH+](c1ccccc1)c1ccccc1)/[PH+](c1ccccc1)c1ccccc1.C(=C/[PH+](c1ccccc1)c1ccccc1)/[PH+](c1ccccc1)c1ccccc1.O.O=[N+]([O-])[O-].O=[N+]([O-])[O-].[Au+].[Au+]. The van der Waals surface area contributed by atoms with Crippen LogP contribution in [0, 0.1) is 30.6 Å². The second-order valence-corrected chi connectivity index (χ2v) is 23.0. The van der Waals surface area contributed by atoms with Gasteiger partial charge in [-0.1, -0.05) is 146 Å². The molecule has 2 N–H and O–H groups in total. The van der Waals surface area contributed by atoms with Gasteiger partial charge in [-0.05, 0) is 97.1 Å². The number of rotatable bonds is 12. The first-order valence-corrected chi connectivity index (χ1v) is 26.5. The van der Waals surface area contributed by atoms with Crippen LogP contribution in [0.1, 0.15) is 0 Å². The number of hydrogen-bond donors (Lipinski definition) is 0. The Morgan fingerprint density at radius 1 is 0.254 bits per heavy atom. The van der Waals surface area contributed by atoms with Crippen molar-refractivity contribution in [1.29, 1.82) is 0 Å². The van der Waals surface area contributed by atoms with Gasteiger partial charge in [0.1, 0.15) is 65.7 Å². The normalized spacial score (nSPS) is 10.2. The van der Waals surface area contributed by atoms with Crippen LogP contribution < -0.4 is 42.4 Å². The van der Waals surface area contributed by atoms with E-state index in [1.54, 1.807) is 0 Å². The van der Waals surface area contributed by atoms with Crippen molar-refractivity contribution in [2.45, 2.75) is 0 Å². The minimum absolute atomic E-state index is 0. The Kier molecular flexibility index (Phi) is 28.8. The van der Waals surface area contributed by atoms with E-state index in [-0.39, 0.29) is 50.2 Å². The molecule has 0 saturated heterocycles. The second-order valence-electron chi connectivity index (χ2n) is 13.7. The van der Waals surface area contributed by atoms with Gasteiger partial charge in [-0.3, -0.25) is 0 Å². The van der Waals surface area contributed by atoms with Crippen LogP contribution in [0.15, 0.2) is 266 Å². The standard InChI is InChI=1S/2C26H22P2.2Au.2NO3.H2O/c2*1-5-13-23(14-6-1)27(24-15-7-2-8-16-24)21-22-28(25-17-9-3-10-18-25)26-19-11-4-12-20-26;;;2*2-1(3)4;/h2*1-22H;;;;;1H2/q;;2*+1;2*-1;/p+4/b2*22-21-;;;;;. The van der Waals surface area contributed by atoms with Crippen molar-refractivity contribution in [3.05, 3.63) is 297 Å². The molecule has 8 aromatic rings. The zero-order valence-electron chi connectivity index (χ0n) is 35.9. The van der Waals surface area contributed by atoms with Crippen LogP contribution in [0.2, 0.25) is 0 Å². The Bertz CT molecular complexity index is 2080. The van der Waals surface area contributed by atoms with Crippen molar-refractivity contribution < 1.29 is 60.4 Å². The molecule has 0 aliphatic carbocycles. The molecule has 0 amide bonds. The topological polar surface area (TPSA) is 164 Å². The Balaban J connectivity index is 0.000000382. The molecule has 0 saturated carbocycles. The number of hydrogen-bond acceptors (Lipinski definition) is 6. The summed E-state index contributed by atoms with van der Waals surface area (Å²) < 4.78 is 0. The van der Waals surface area contributed by atoms with Crippen molar-refractivity contribution in [1.82, 2.24) is 0 Å². The first kappa shape index (κ1) is 57.9. The quantitative estimate of drug-likeness (QED) is 0.0513. The van der Waals surface area contributed by atoms with Gasteiger partial charge in [0.05, 0.1) is 41.9 Å². The largest absolute Gasteiger partial charge is 1.00 e. The predicted octanol–water partition coefficient (Wildman–Crippen LogP) is 9.07. The van der Waals surface area contributed by atoms with E-state index in [1.165, 1.54) is 42.4 Å². The third-order valence-electron chi connectivity index (χ3n) is 9.51. The summed E-state index contributed by atoms with van der Waals surface area (Å²) in [7, 11) is -3.86. The third-order valence-corrected chi connectivity index (χ3v) is 19.8. The van der Waals surface area contributed by atoms with Gasteiger partial charge in [0.15, 0.2) is 0 Å². The fourth-order valence-electron chi connectivity index (χ4n) is 6.71. The summed E-state index contributed by atoms with van der Waals surface area (Å²) in [6.07, 6.45) is 0. The summed E-state index contributed by atoms with van der Waals surface area (Å²) in [6, 6.07) is 87.5. The van der Waals surface area contributed by atoms with E-state index in [0.717, 1.165) is 0 Å². The predicted molar refractivity (Wildman–Crippen MR) is 284 cm³/mol. The van der Waals surface area contributed by atoms with Crippen molar-refractivity contribution in [2.24, 2.45) is 0 Å². The van der Waals surface area contributed by atoms with Gasteiger partial charge < -0.3 is 36.1 Å². The van der Waals surface area contributed by atoms with E-state index < -0.39 is 41.9 Å². The van der Waals surface area contributed by atoms with Crippen molar-refractivity contribution in [2.75, 3.05) is 0 Å². The molecule has 0 fully saturated rings. The van der Waals surface area contributed by atoms with E-state index >= 15 is 0 Å². The summed E-state index contributed by atoms with van der Waals surface area (Å²) in [4.78, 5) is 16.5. The maximum Gasteiger partial charge on any atom is 1.00 e. The average Bonchev–Trinajstić information content (AvgIpc) is 3.34. The van der Waals surface area contributed by atoms with Gasteiger partial charge in [-0.15, -0.1) is 0 Å². The van der Waals surface area contributed by atoms with Gasteiger partial charge in [0.2, 0.25) is 0 Å². The van der Waals surface area contributed by atoms with E-state index in [1.807, 2.05) is 0 Å². The molecule has 0 aromatic heterocycles. The van der Waals surface area contributed by atoms with Crippen LogP contribution in [0.4, 0.5) is 0 Å². The van der Waals surface area contributed by atoms with E-state index in [2.05, 4.69) is 266 Å². The first-order chi connectivity index (χ1) is 31.3. The maximum atomic E-state index is 8.25. The molecule has 0 bridgehead atoms. The molecule has 0 radical (unpaired) electrons. The van der Waals surface area contributed by atoms with Gasteiger partial charge >= 0.3 is 44.8 Å². The molecular weight excluding hydrogens is 1280 g/mol. The number of benzene rings is 8. The Hall–Kier alpha value is -5.20. The summed E-state index contributed by atoms with van der Waals surface area (Å²) in [5.41, 5.74) is 0. The molecule has 67 heavy (non-hydrogen) atoms. The number of nitrogens with zero attached hydrogens (tertiary/aromatic N) is 2. The van der Waals surface area contributed by atoms with Gasteiger partial charge in [-0.25, -0.2) is 0 Å². The van der Waals surface area contributed by atoms with Crippen LogP contribution in [0.5, 0.6) is 0 Å². The molecule has 8 rings (SSSR count). The Morgan fingerprint density at radius 2 is 0.343 bits per heavy atom. The van der Waals surface area contributed by atoms with Gasteiger partial charge in [0.25, 0.3) is 0 Å². The molecule has 0 aliphatic heterocycles. The summed E-state index contributed by atoms with van der Waals surface area (Å²) >= 11 is 0. The minimum atomic E-state index is -1.75. The Labute approximate surface area is 427 Å². The molecule has 348 valence electrons. The second kappa shape index (κ2) is 33.3. The maximum absolute atomic E-state index is 8.25. The van der Waals surface area contributed by atoms with E-state index in [9.17, 15) is 0 Å². The summed E-state index contributed by atoms with van der Waals surface area (Å²) in [5, 5.41) is 40.9.